The molecule has 0 atom stereocenters. The van der Waals surface area contributed by atoms with Crippen LogP contribution in [0.25, 0.3) is 0 Å². The van der Waals surface area contributed by atoms with Crippen molar-refractivity contribution in [2.24, 2.45) is 0 Å². The van der Waals surface area contributed by atoms with E-state index in [0.29, 0.717) is 28.8 Å². The van der Waals surface area contributed by atoms with Gasteiger partial charge in [0.05, 0.1) is 10.7 Å². The lowest BCUT2D eigenvalue weighted by atomic mass is 10.3. The second-order valence-corrected chi connectivity index (χ2v) is 5.65. The van der Waals surface area contributed by atoms with E-state index in [9.17, 15) is 9.59 Å². The van der Waals surface area contributed by atoms with Gasteiger partial charge < -0.3 is 10.2 Å². The van der Waals surface area contributed by atoms with Crippen molar-refractivity contribution >= 4 is 40.7 Å². The van der Waals surface area contributed by atoms with Crippen LogP contribution in [0, 0.1) is 0 Å². The molecule has 21 heavy (non-hydrogen) atoms. The Morgan fingerprint density at radius 1 is 1.10 bits per heavy atom. The van der Waals surface area contributed by atoms with Crippen molar-refractivity contribution < 1.29 is 9.59 Å². The smallest absolute Gasteiger partial charge is 0.316 e. The van der Waals surface area contributed by atoms with E-state index < -0.39 is 11.8 Å². The Kier molecular flexibility index (Phi) is 5.41. The molecule has 0 spiro atoms. The summed E-state index contributed by atoms with van der Waals surface area (Å²) in [6.45, 7) is 3.02. The molecular formula is C13H16Cl2N4O2. The first kappa shape index (κ1) is 16.0. The van der Waals surface area contributed by atoms with Gasteiger partial charge in [-0.2, -0.15) is 0 Å². The van der Waals surface area contributed by atoms with E-state index in [-0.39, 0.29) is 0 Å². The number of halogens is 2. The number of nitrogens with zero attached hydrogens (tertiary/aromatic N) is 2. The van der Waals surface area contributed by atoms with E-state index in [2.05, 4.69) is 15.6 Å². The second kappa shape index (κ2) is 7.09. The van der Waals surface area contributed by atoms with Crippen molar-refractivity contribution in [2.75, 3.05) is 38.5 Å². The van der Waals surface area contributed by atoms with E-state index in [1.165, 1.54) is 6.07 Å². The molecule has 2 rings (SSSR count). The van der Waals surface area contributed by atoms with E-state index in [4.69, 9.17) is 23.2 Å². The molecule has 0 bridgehead atoms. The minimum absolute atomic E-state index is 0.308. The number of rotatable bonds is 2. The van der Waals surface area contributed by atoms with Gasteiger partial charge in [-0.25, -0.2) is 5.01 Å². The van der Waals surface area contributed by atoms with Crippen LogP contribution in [0.1, 0.15) is 0 Å². The number of piperazine rings is 1. The second-order valence-electron chi connectivity index (χ2n) is 4.81. The summed E-state index contributed by atoms with van der Waals surface area (Å²) in [5.41, 5.74) is 2.88. The van der Waals surface area contributed by atoms with Crippen molar-refractivity contribution in [1.29, 1.82) is 0 Å². The lowest BCUT2D eigenvalue weighted by Gasteiger charge is -2.32. The molecule has 0 saturated carbocycles. The SMILES string of the molecule is CN1CCN(NC(=O)C(=O)Nc2cc(Cl)ccc2Cl)CC1. The van der Waals surface area contributed by atoms with Crippen molar-refractivity contribution in [2.45, 2.75) is 0 Å². The first-order valence-electron chi connectivity index (χ1n) is 6.46. The minimum atomic E-state index is -0.780. The Balaban J connectivity index is 1.90. The molecule has 2 N–H and O–H groups in total. The Hall–Kier alpha value is -1.34. The quantitative estimate of drug-likeness (QED) is 0.800. The zero-order chi connectivity index (χ0) is 15.4. The third-order valence-corrected chi connectivity index (χ3v) is 3.71. The highest BCUT2D eigenvalue weighted by Crippen LogP contribution is 2.25. The molecule has 1 aromatic rings. The summed E-state index contributed by atoms with van der Waals surface area (Å²) in [6.07, 6.45) is 0. The van der Waals surface area contributed by atoms with Crippen LogP contribution in [0.4, 0.5) is 5.69 Å². The van der Waals surface area contributed by atoms with Gasteiger partial charge in [0, 0.05) is 31.2 Å². The number of hydrogen-bond acceptors (Lipinski definition) is 4. The summed E-state index contributed by atoms with van der Waals surface area (Å²) in [5.74, 6) is -1.51. The molecular weight excluding hydrogens is 315 g/mol. The lowest BCUT2D eigenvalue weighted by Crippen LogP contribution is -2.54. The largest absolute Gasteiger partial charge is 0.323 e. The molecule has 2 amide bonds. The molecule has 1 saturated heterocycles. The van der Waals surface area contributed by atoms with E-state index >= 15 is 0 Å². The topological polar surface area (TPSA) is 64.7 Å². The highest BCUT2D eigenvalue weighted by atomic mass is 35.5. The Labute approximate surface area is 132 Å². The van der Waals surface area contributed by atoms with Gasteiger partial charge in [-0.3, -0.25) is 15.0 Å². The van der Waals surface area contributed by atoms with E-state index in [0.717, 1.165) is 13.1 Å². The van der Waals surface area contributed by atoms with Gasteiger partial charge in [0.15, 0.2) is 0 Å². The maximum Gasteiger partial charge on any atom is 0.323 e. The van der Waals surface area contributed by atoms with Gasteiger partial charge in [0.2, 0.25) is 0 Å². The third-order valence-electron chi connectivity index (χ3n) is 3.15. The number of likely N-dealkylation sites (N-methyl/N-ethyl adjacent to an activating group) is 1. The average molecular weight is 331 g/mol. The maximum absolute atomic E-state index is 11.9. The maximum atomic E-state index is 11.9. The van der Waals surface area contributed by atoms with Gasteiger partial charge in [-0.05, 0) is 25.2 Å². The number of benzene rings is 1. The zero-order valence-corrected chi connectivity index (χ0v) is 13.0. The third kappa shape index (κ3) is 4.57. The van der Waals surface area contributed by atoms with Crippen LogP contribution >= 0.6 is 23.2 Å². The van der Waals surface area contributed by atoms with Crippen LogP contribution in [0.2, 0.25) is 10.0 Å². The van der Waals surface area contributed by atoms with Crippen LogP contribution in [-0.4, -0.2) is 54.9 Å². The van der Waals surface area contributed by atoms with Gasteiger partial charge in [0.1, 0.15) is 0 Å². The molecule has 1 aliphatic rings. The highest BCUT2D eigenvalue weighted by molar-refractivity contribution is 6.41. The standard InChI is InChI=1S/C13H16Cl2N4O2/c1-18-4-6-19(7-5-18)17-13(21)12(20)16-11-8-9(14)2-3-10(11)15/h2-3,8H,4-7H2,1H3,(H,16,20)(H,17,21). The van der Waals surface area contributed by atoms with Crippen molar-refractivity contribution in [1.82, 2.24) is 15.3 Å². The van der Waals surface area contributed by atoms with Crippen molar-refractivity contribution in [3.63, 3.8) is 0 Å². The van der Waals surface area contributed by atoms with Crippen molar-refractivity contribution in [3.05, 3.63) is 28.2 Å². The lowest BCUT2D eigenvalue weighted by molar-refractivity contribution is -0.139. The predicted octanol–water partition coefficient (Wildman–Crippen LogP) is 1.21. The summed E-state index contributed by atoms with van der Waals surface area (Å²) in [7, 11) is 2.01. The molecule has 114 valence electrons. The fraction of sp³-hybridized carbons (Fsp3) is 0.385. The highest BCUT2D eigenvalue weighted by Gasteiger charge is 2.20. The number of amides is 2. The van der Waals surface area contributed by atoms with Gasteiger partial charge in [-0.15, -0.1) is 0 Å². The Morgan fingerprint density at radius 3 is 2.43 bits per heavy atom. The molecule has 8 heteroatoms. The van der Waals surface area contributed by atoms with Gasteiger partial charge >= 0.3 is 11.8 Å². The summed E-state index contributed by atoms with van der Waals surface area (Å²) in [6, 6.07) is 4.65. The molecule has 1 heterocycles. The summed E-state index contributed by atoms with van der Waals surface area (Å²) >= 11 is 11.8. The number of carbonyl (C=O) groups is 2. The Morgan fingerprint density at radius 2 is 1.76 bits per heavy atom. The molecule has 0 aromatic heterocycles. The number of hydrogen-bond donors (Lipinski definition) is 2. The molecule has 1 aliphatic heterocycles. The molecule has 0 aliphatic carbocycles. The fourth-order valence-corrected chi connectivity index (χ4v) is 2.22. The van der Waals surface area contributed by atoms with Crippen molar-refractivity contribution in [3.8, 4) is 0 Å². The van der Waals surface area contributed by atoms with Crippen LogP contribution in [0.5, 0.6) is 0 Å². The number of anilines is 1. The number of hydrazine groups is 1. The first-order chi connectivity index (χ1) is 9.95. The normalized spacial score (nSPS) is 16.5. The monoisotopic (exact) mass is 330 g/mol. The molecule has 6 nitrogen and oxygen atoms in total. The van der Waals surface area contributed by atoms with Crippen LogP contribution in [-0.2, 0) is 9.59 Å². The first-order valence-corrected chi connectivity index (χ1v) is 7.22. The molecule has 0 radical (unpaired) electrons. The summed E-state index contributed by atoms with van der Waals surface area (Å²) in [4.78, 5) is 25.8. The van der Waals surface area contributed by atoms with Gasteiger partial charge in [-0.1, -0.05) is 23.2 Å². The molecule has 0 unspecified atom stereocenters. The van der Waals surface area contributed by atoms with Crippen LogP contribution in [0.3, 0.4) is 0 Å². The summed E-state index contributed by atoms with van der Waals surface area (Å²) in [5, 5.41) is 4.91. The van der Waals surface area contributed by atoms with Crippen LogP contribution in [0.15, 0.2) is 18.2 Å². The van der Waals surface area contributed by atoms with E-state index in [1.807, 2.05) is 7.05 Å². The molecule has 1 aromatic carbocycles. The molecule has 1 fully saturated rings. The average Bonchev–Trinajstić information content (AvgIpc) is 2.45. The fourth-order valence-electron chi connectivity index (χ4n) is 1.88. The number of nitrogens with one attached hydrogen (secondary N) is 2. The van der Waals surface area contributed by atoms with Crippen LogP contribution < -0.4 is 10.7 Å². The Bertz CT molecular complexity index is 545. The predicted molar refractivity (Wildman–Crippen MR) is 82.3 cm³/mol. The summed E-state index contributed by atoms with van der Waals surface area (Å²) < 4.78 is 0. The van der Waals surface area contributed by atoms with E-state index in [1.54, 1.807) is 17.1 Å². The number of carbonyl (C=O) groups excluding carboxylic acids is 2. The zero-order valence-electron chi connectivity index (χ0n) is 11.5. The van der Waals surface area contributed by atoms with Gasteiger partial charge in [0.25, 0.3) is 0 Å². The minimum Gasteiger partial charge on any atom is -0.316 e.